The summed E-state index contributed by atoms with van der Waals surface area (Å²) in [5, 5.41) is 2.49. The summed E-state index contributed by atoms with van der Waals surface area (Å²) < 4.78 is 51.0. The highest BCUT2D eigenvalue weighted by Gasteiger charge is 2.31. The van der Waals surface area contributed by atoms with Crippen LogP contribution in [0.3, 0.4) is 0 Å². The lowest BCUT2D eigenvalue weighted by atomic mass is 10.3. The second-order valence-electron chi connectivity index (χ2n) is 4.87. The summed E-state index contributed by atoms with van der Waals surface area (Å²) in [7, 11) is 1.50. The second kappa shape index (κ2) is 8.27. The maximum Gasteiger partial charge on any atom is 0.573 e. The SMILES string of the molecule is COc1ccccc1OCCC(=O)Nc1cccc(OC(F)(F)F)c1. The van der Waals surface area contributed by atoms with E-state index in [1.807, 2.05) is 0 Å². The zero-order chi connectivity index (χ0) is 18.3. The third kappa shape index (κ3) is 6.25. The molecule has 0 unspecified atom stereocenters. The molecular formula is C17H16F3NO4. The number of alkyl halides is 3. The molecule has 0 saturated carbocycles. The van der Waals surface area contributed by atoms with Gasteiger partial charge in [0.1, 0.15) is 5.75 Å². The van der Waals surface area contributed by atoms with Crippen molar-refractivity contribution >= 4 is 11.6 Å². The van der Waals surface area contributed by atoms with Gasteiger partial charge in [0, 0.05) is 11.8 Å². The smallest absolute Gasteiger partial charge is 0.493 e. The highest BCUT2D eigenvalue weighted by atomic mass is 19.4. The number of halogens is 3. The lowest BCUT2D eigenvalue weighted by Crippen LogP contribution is -2.18. The molecular weight excluding hydrogens is 339 g/mol. The van der Waals surface area contributed by atoms with Gasteiger partial charge in [0.05, 0.1) is 20.1 Å². The van der Waals surface area contributed by atoms with Gasteiger partial charge in [0.15, 0.2) is 11.5 Å². The standard InChI is InChI=1S/C17H16F3NO4/c1-23-14-7-2-3-8-15(14)24-10-9-16(22)21-12-5-4-6-13(11-12)25-17(18,19)20/h2-8,11H,9-10H2,1H3,(H,21,22). The molecule has 0 radical (unpaired) electrons. The number of hydrogen-bond donors (Lipinski definition) is 1. The fourth-order valence-corrected chi connectivity index (χ4v) is 1.99. The van der Waals surface area contributed by atoms with Crippen molar-refractivity contribution in [3.05, 3.63) is 48.5 Å². The van der Waals surface area contributed by atoms with Gasteiger partial charge < -0.3 is 19.5 Å². The van der Waals surface area contributed by atoms with Gasteiger partial charge >= 0.3 is 6.36 Å². The maximum absolute atomic E-state index is 12.2. The van der Waals surface area contributed by atoms with Gasteiger partial charge in [-0.05, 0) is 24.3 Å². The molecule has 134 valence electrons. The predicted octanol–water partition coefficient (Wildman–Crippen LogP) is 4.00. The van der Waals surface area contributed by atoms with E-state index < -0.39 is 18.0 Å². The monoisotopic (exact) mass is 355 g/mol. The van der Waals surface area contributed by atoms with E-state index in [2.05, 4.69) is 10.1 Å². The van der Waals surface area contributed by atoms with Gasteiger partial charge in [-0.25, -0.2) is 0 Å². The number of carbonyl (C=O) groups excluding carboxylic acids is 1. The Kier molecular flexibility index (Phi) is 6.10. The molecule has 5 nitrogen and oxygen atoms in total. The van der Waals surface area contributed by atoms with Crippen molar-refractivity contribution in [1.82, 2.24) is 0 Å². The number of para-hydroxylation sites is 2. The van der Waals surface area contributed by atoms with E-state index in [4.69, 9.17) is 9.47 Å². The summed E-state index contributed by atoms with van der Waals surface area (Å²) in [4.78, 5) is 11.9. The van der Waals surface area contributed by atoms with E-state index in [1.165, 1.54) is 19.2 Å². The first kappa shape index (κ1) is 18.4. The lowest BCUT2D eigenvalue weighted by Gasteiger charge is -2.12. The van der Waals surface area contributed by atoms with Gasteiger partial charge in [-0.15, -0.1) is 13.2 Å². The van der Waals surface area contributed by atoms with Crippen LogP contribution in [0, 0.1) is 0 Å². The molecule has 0 aromatic heterocycles. The van der Waals surface area contributed by atoms with Gasteiger partial charge in [0.2, 0.25) is 5.91 Å². The highest BCUT2D eigenvalue weighted by molar-refractivity contribution is 5.90. The minimum Gasteiger partial charge on any atom is -0.493 e. The van der Waals surface area contributed by atoms with Gasteiger partial charge in [-0.3, -0.25) is 4.79 Å². The molecule has 0 spiro atoms. The number of hydrogen-bond acceptors (Lipinski definition) is 4. The molecule has 1 N–H and O–H groups in total. The second-order valence-corrected chi connectivity index (χ2v) is 4.87. The van der Waals surface area contributed by atoms with E-state index in [0.29, 0.717) is 11.5 Å². The van der Waals surface area contributed by atoms with Gasteiger partial charge in [0.25, 0.3) is 0 Å². The van der Waals surface area contributed by atoms with E-state index in [1.54, 1.807) is 24.3 Å². The minimum atomic E-state index is -4.79. The van der Waals surface area contributed by atoms with E-state index in [0.717, 1.165) is 12.1 Å². The van der Waals surface area contributed by atoms with Crippen molar-refractivity contribution < 1.29 is 32.2 Å². The molecule has 0 aliphatic carbocycles. The number of amides is 1. The quantitative estimate of drug-likeness (QED) is 0.816. The van der Waals surface area contributed by atoms with Gasteiger partial charge in [-0.2, -0.15) is 0 Å². The summed E-state index contributed by atoms with van der Waals surface area (Å²) >= 11 is 0. The van der Waals surface area contributed by atoms with Gasteiger partial charge in [-0.1, -0.05) is 18.2 Å². The van der Waals surface area contributed by atoms with Crippen LogP contribution >= 0.6 is 0 Å². The van der Waals surface area contributed by atoms with Crippen LogP contribution in [0.5, 0.6) is 17.2 Å². The molecule has 0 aliphatic rings. The van der Waals surface area contributed by atoms with Crippen molar-refractivity contribution in [1.29, 1.82) is 0 Å². The average Bonchev–Trinajstić information content (AvgIpc) is 2.54. The molecule has 0 heterocycles. The Balaban J connectivity index is 1.85. The number of nitrogens with one attached hydrogen (secondary N) is 1. The summed E-state index contributed by atoms with van der Waals surface area (Å²) in [5.41, 5.74) is 0.198. The van der Waals surface area contributed by atoms with Crippen LogP contribution in [0.4, 0.5) is 18.9 Å². The molecule has 0 saturated heterocycles. The summed E-state index contributed by atoms with van der Waals surface area (Å²) in [6, 6.07) is 12.0. The minimum absolute atomic E-state index is 0.0163. The summed E-state index contributed by atoms with van der Waals surface area (Å²) in [5.74, 6) is 0.230. The van der Waals surface area contributed by atoms with Crippen LogP contribution in [0.25, 0.3) is 0 Å². The van der Waals surface area contributed by atoms with Crippen LogP contribution in [0.2, 0.25) is 0 Å². The van der Waals surface area contributed by atoms with Crippen LogP contribution in [-0.2, 0) is 4.79 Å². The molecule has 0 aliphatic heterocycles. The Labute approximate surface area is 142 Å². The van der Waals surface area contributed by atoms with Crippen molar-refractivity contribution in [3.63, 3.8) is 0 Å². The molecule has 25 heavy (non-hydrogen) atoms. The average molecular weight is 355 g/mol. The van der Waals surface area contributed by atoms with Crippen molar-refractivity contribution in [3.8, 4) is 17.2 Å². The molecule has 2 rings (SSSR count). The number of rotatable bonds is 7. The predicted molar refractivity (Wildman–Crippen MR) is 84.9 cm³/mol. The van der Waals surface area contributed by atoms with E-state index in [9.17, 15) is 18.0 Å². The fraction of sp³-hybridized carbons (Fsp3) is 0.235. The number of anilines is 1. The van der Waals surface area contributed by atoms with Crippen molar-refractivity contribution in [2.75, 3.05) is 19.0 Å². The molecule has 0 fully saturated rings. The molecule has 1 amide bonds. The molecule has 2 aromatic carbocycles. The Bertz CT molecular complexity index is 719. The summed E-state index contributed by atoms with van der Waals surface area (Å²) in [6.07, 6.45) is -4.77. The number of carbonyl (C=O) groups is 1. The third-order valence-corrected chi connectivity index (χ3v) is 3.01. The van der Waals surface area contributed by atoms with Crippen LogP contribution < -0.4 is 19.5 Å². The largest absolute Gasteiger partial charge is 0.573 e. The number of methoxy groups -OCH3 is 1. The van der Waals surface area contributed by atoms with E-state index >= 15 is 0 Å². The maximum atomic E-state index is 12.2. The first-order valence-electron chi connectivity index (χ1n) is 7.29. The van der Waals surface area contributed by atoms with Crippen LogP contribution in [0.15, 0.2) is 48.5 Å². The third-order valence-electron chi connectivity index (χ3n) is 3.01. The Hall–Kier alpha value is -2.90. The normalized spacial score (nSPS) is 10.9. The zero-order valence-corrected chi connectivity index (χ0v) is 13.3. The lowest BCUT2D eigenvalue weighted by molar-refractivity contribution is -0.274. The Morgan fingerprint density at radius 2 is 1.80 bits per heavy atom. The highest BCUT2D eigenvalue weighted by Crippen LogP contribution is 2.26. The first-order valence-corrected chi connectivity index (χ1v) is 7.29. The fourth-order valence-electron chi connectivity index (χ4n) is 1.99. The first-order chi connectivity index (χ1) is 11.9. The molecule has 0 atom stereocenters. The topological polar surface area (TPSA) is 56.8 Å². The molecule has 8 heteroatoms. The van der Waals surface area contributed by atoms with Crippen molar-refractivity contribution in [2.24, 2.45) is 0 Å². The Morgan fingerprint density at radius 3 is 2.48 bits per heavy atom. The molecule has 2 aromatic rings. The van der Waals surface area contributed by atoms with Crippen LogP contribution in [-0.4, -0.2) is 26.0 Å². The van der Waals surface area contributed by atoms with E-state index in [-0.39, 0.29) is 18.7 Å². The Morgan fingerprint density at radius 1 is 1.08 bits per heavy atom. The van der Waals surface area contributed by atoms with Crippen LogP contribution in [0.1, 0.15) is 6.42 Å². The zero-order valence-electron chi connectivity index (χ0n) is 13.3. The number of benzene rings is 2. The van der Waals surface area contributed by atoms with Crippen molar-refractivity contribution in [2.45, 2.75) is 12.8 Å². The summed E-state index contributed by atoms with van der Waals surface area (Å²) in [6.45, 7) is 0.0882. The number of ether oxygens (including phenoxy) is 3. The molecule has 0 bridgehead atoms.